The van der Waals surface area contributed by atoms with Gasteiger partial charge in [-0.15, -0.1) is 0 Å². The molecular formula is C12H18N4O. The number of carbonyl (C=O) groups is 1. The Morgan fingerprint density at radius 3 is 3.12 bits per heavy atom. The summed E-state index contributed by atoms with van der Waals surface area (Å²) >= 11 is 0. The third-order valence-corrected chi connectivity index (χ3v) is 3.19. The van der Waals surface area contributed by atoms with Crippen molar-refractivity contribution in [2.24, 2.45) is 0 Å². The van der Waals surface area contributed by atoms with Gasteiger partial charge >= 0.3 is 0 Å². The van der Waals surface area contributed by atoms with E-state index < -0.39 is 5.54 Å². The Kier molecular flexibility index (Phi) is 3.68. The minimum Gasteiger partial charge on any atom is -0.349 e. The van der Waals surface area contributed by atoms with Crippen LogP contribution in [-0.2, 0) is 11.3 Å². The maximum Gasteiger partial charge on any atom is 0.240 e. The Morgan fingerprint density at radius 2 is 2.47 bits per heavy atom. The van der Waals surface area contributed by atoms with Gasteiger partial charge in [0.1, 0.15) is 6.33 Å². The summed E-state index contributed by atoms with van der Waals surface area (Å²) in [6.45, 7) is 3.33. The van der Waals surface area contributed by atoms with Gasteiger partial charge in [0.25, 0.3) is 0 Å². The Hall–Kier alpha value is -1.49. The molecule has 0 radical (unpaired) electrons. The topological polar surface area (TPSA) is 66.9 Å². The lowest BCUT2D eigenvalue weighted by molar-refractivity contribution is -0.128. The summed E-state index contributed by atoms with van der Waals surface area (Å²) in [5, 5.41) is 6.20. The minimum atomic E-state index is -0.425. The summed E-state index contributed by atoms with van der Waals surface area (Å²) in [4.78, 5) is 20.0. The molecule has 1 aromatic heterocycles. The van der Waals surface area contributed by atoms with Crippen LogP contribution in [0.2, 0.25) is 0 Å². The van der Waals surface area contributed by atoms with E-state index in [0.717, 1.165) is 31.5 Å². The van der Waals surface area contributed by atoms with E-state index >= 15 is 0 Å². The molecule has 1 aromatic rings. The first-order valence-electron chi connectivity index (χ1n) is 5.99. The normalized spacial score (nSPS) is 24.3. The van der Waals surface area contributed by atoms with E-state index in [0.29, 0.717) is 6.54 Å². The number of rotatable bonds is 3. The van der Waals surface area contributed by atoms with Crippen molar-refractivity contribution in [1.29, 1.82) is 0 Å². The summed E-state index contributed by atoms with van der Waals surface area (Å²) in [6.07, 6.45) is 6.30. The van der Waals surface area contributed by atoms with Crippen LogP contribution in [0.1, 0.15) is 31.9 Å². The number of nitrogens with zero attached hydrogens (tertiary/aromatic N) is 2. The minimum absolute atomic E-state index is 0.0517. The molecule has 2 rings (SSSR count). The molecule has 0 spiro atoms. The summed E-state index contributed by atoms with van der Waals surface area (Å²) in [5.41, 5.74) is 0.401. The molecule has 5 heteroatoms. The highest BCUT2D eigenvalue weighted by atomic mass is 16.2. The zero-order chi connectivity index (χ0) is 12.1. The number of carbonyl (C=O) groups excluding carboxylic acids is 1. The predicted molar refractivity (Wildman–Crippen MR) is 64.1 cm³/mol. The molecule has 1 saturated heterocycles. The standard InChI is InChI=1S/C12H18N4O/c1-12(5-2-3-6-16-12)11(17)14-8-10-4-7-13-9-15-10/h4,7,9,16H,2-3,5-6,8H2,1H3,(H,14,17). The van der Waals surface area contributed by atoms with Crippen LogP contribution in [0.25, 0.3) is 0 Å². The molecule has 0 aromatic carbocycles. The van der Waals surface area contributed by atoms with Crippen LogP contribution < -0.4 is 10.6 Å². The highest BCUT2D eigenvalue weighted by Crippen LogP contribution is 2.18. The van der Waals surface area contributed by atoms with Crippen molar-refractivity contribution >= 4 is 5.91 Å². The van der Waals surface area contributed by atoms with Gasteiger partial charge in [-0.2, -0.15) is 0 Å². The van der Waals surface area contributed by atoms with Gasteiger partial charge in [0.05, 0.1) is 17.8 Å². The Balaban J connectivity index is 1.88. The van der Waals surface area contributed by atoms with E-state index in [2.05, 4.69) is 20.6 Å². The molecule has 0 bridgehead atoms. The predicted octanol–water partition coefficient (Wildman–Crippen LogP) is 0.625. The van der Waals surface area contributed by atoms with Gasteiger partial charge < -0.3 is 10.6 Å². The second-order valence-corrected chi connectivity index (χ2v) is 4.60. The van der Waals surface area contributed by atoms with Crippen molar-refractivity contribution in [3.8, 4) is 0 Å². The molecule has 1 atom stereocenters. The average Bonchev–Trinajstić information content (AvgIpc) is 2.38. The first-order chi connectivity index (χ1) is 8.21. The Labute approximate surface area is 101 Å². The Morgan fingerprint density at radius 1 is 1.59 bits per heavy atom. The molecule has 92 valence electrons. The highest BCUT2D eigenvalue weighted by Gasteiger charge is 2.33. The van der Waals surface area contributed by atoms with Crippen molar-refractivity contribution in [2.45, 2.75) is 38.3 Å². The fraction of sp³-hybridized carbons (Fsp3) is 0.583. The number of nitrogens with one attached hydrogen (secondary N) is 2. The third kappa shape index (κ3) is 3.00. The van der Waals surface area contributed by atoms with Crippen molar-refractivity contribution in [3.63, 3.8) is 0 Å². The summed E-state index contributed by atoms with van der Waals surface area (Å²) in [5.74, 6) is 0.0517. The fourth-order valence-corrected chi connectivity index (χ4v) is 2.04. The molecule has 5 nitrogen and oxygen atoms in total. The molecule has 17 heavy (non-hydrogen) atoms. The second kappa shape index (κ2) is 5.23. The molecule has 1 unspecified atom stereocenters. The largest absolute Gasteiger partial charge is 0.349 e. The number of hydrogen-bond acceptors (Lipinski definition) is 4. The van der Waals surface area contributed by atoms with Crippen LogP contribution in [0.15, 0.2) is 18.6 Å². The van der Waals surface area contributed by atoms with Crippen molar-refractivity contribution in [3.05, 3.63) is 24.3 Å². The molecule has 2 N–H and O–H groups in total. The van der Waals surface area contributed by atoms with Gasteiger partial charge in [-0.25, -0.2) is 9.97 Å². The quantitative estimate of drug-likeness (QED) is 0.805. The van der Waals surface area contributed by atoms with E-state index in [1.807, 2.05) is 6.92 Å². The van der Waals surface area contributed by atoms with E-state index in [4.69, 9.17) is 0 Å². The van der Waals surface area contributed by atoms with Crippen LogP contribution in [-0.4, -0.2) is 28.0 Å². The van der Waals surface area contributed by atoms with E-state index in [-0.39, 0.29) is 5.91 Å². The lowest BCUT2D eigenvalue weighted by Gasteiger charge is -2.33. The van der Waals surface area contributed by atoms with Crippen LogP contribution in [0.3, 0.4) is 0 Å². The van der Waals surface area contributed by atoms with Gasteiger partial charge in [0, 0.05) is 6.20 Å². The van der Waals surface area contributed by atoms with Crippen LogP contribution in [0.5, 0.6) is 0 Å². The molecule has 2 heterocycles. The SMILES string of the molecule is CC1(C(=O)NCc2ccncn2)CCCCN1. The van der Waals surface area contributed by atoms with Crippen LogP contribution in [0, 0.1) is 0 Å². The van der Waals surface area contributed by atoms with Crippen LogP contribution >= 0.6 is 0 Å². The molecule has 1 fully saturated rings. The van der Waals surface area contributed by atoms with Gasteiger partial charge in [0.15, 0.2) is 0 Å². The first-order valence-corrected chi connectivity index (χ1v) is 5.99. The summed E-state index contributed by atoms with van der Waals surface area (Å²) in [7, 11) is 0. The van der Waals surface area contributed by atoms with Gasteiger partial charge in [-0.05, 0) is 38.8 Å². The van der Waals surface area contributed by atoms with E-state index in [1.165, 1.54) is 6.33 Å². The lowest BCUT2D eigenvalue weighted by atomic mass is 9.90. The molecule has 1 aliphatic rings. The number of aromatic nitrogens is 2. The lowest BCUT2D eigenvalue weighted by Crippen LogP contribution is -2.56. The fourth-order valence-electron chi connectivity index (χ4n) is 2.04. The van der Waals surface area contributed by atoms with Gasteiger partial charge in [-0.1, -0.05) is 0 Å². The maximum absolute atomic E-state index is 12.1. The van der Waals surface area contributed by atoms with E-state index in [1.54, 1.807) is 12.3 Å². The smallest absolute Gasteiger partial charge is 0.240 e. The van der Waals surface area contributed by atoms with Crippen molar-refractivity contribution in [1.82, 2.24) is 20.6 Å². The first kappa shape index (κ1) is 12.0. The average molecular weight is 234 g/mol. The van der Waals surface area contributed by atoms with Gasteiger partial charge in [0.2, 0.25) is 5.91 Å². The maximum atomic E-state index is 12.1. The summed E-state index contributed by atoms with van der Waals surface area (Å²) in [6, 6.07) is 1.80. The Bertz CT molecular complexity index is 373. The van der Waals surface area contributed by atoms with E-state index in [9.17, 15) is 4.79 Å². The zero-order valence-corrected chi connectivity index (χ0v) is 10.1. The number of hydrogen-bond donors (Lipinski definition) is 2. The zero-order valence-electron chi connectivity index (χ0n) is 10.1. The van der Waals surface area contributed by atoms with Gasteiger partial charge in [-0.3, -0.25) is 4.79 Å². The number of piperidine rings is 1. The summed E-state index contributed by atoms with van der Waals surface area (Å²) < 4.78 is 0. The second-order valence-electron chi connectivity index (χ2n) is 4.60. The molecule has 1 amide bonds. The third-order valence-electron chi connectivity index (χ3n) is 3.19. The molecule has 1 aliphatic heterocycles. The van der Waals surface area contributed by atoms with Crippen molar-refractivity contribution < 1.29 is 4.79 Å². The molecular weight excluding hydrogens is 216 g/mol. The molecule has 0 saturated carbocycles. The van der Waals surface area contributed by atoms with Crippen molar-refractivity contribution in [2.75, 3.05) is 6.54 Å². The van der Waals surface area contributed by atoms with Crippen LogP contribution in [0.4, 0.5) is 0 Å². The number of amides is 1. The monoisotopic (exact) mass is 234 g/mol. The highest BCUT2D eigenvalue weighted by molar-refractivity contribution is 5.85. The molecule has 0 aliphatic carbocycles.